The Labute approximate surface area is 156 Å². The second-order valence-electron chi connectivity index (χ2n) is 6.75. The zero-order valence-electron chi connectivity index (χ0n) is 15.4. The second kappa shape index (κ2) is 6.83. The predicted molar refractivity (Wildman–Crippen MR) is 101 cm³/mol. The molecule has 1 amide bonds. The zero-order valence-corrected chi connectivity index (χ0v) is 15.4. The summed E-state index contributed by atoms with van der Waals surface area (Å²) < 4.78 is 3.66. The Hall–Kier alpha value is -3.22. The van der Waals surface area contributed by atoms with Gasteiger partial charge in [-0.2, -0.15) is 0 Å². The lowest BCUT2D eigenvalue weighted by atomic mass is 10.1. The maximum Gasteiger partial charge on any atom is 0.254 e. The van der Waals surface area contributed by atoms with Crippen LogP contribution in [0.25, 0.3) is 11.4 Å². The predicted octanol–water partition coefficient (Wildman–Crippen LogP) is 2.34. The van der Waals surface area contributed by atoms with Crippen molar-refractivity contribution in [3.63, 3.8) is 0 Å². The first-order valence-electron chi connectivity index (χ1n) is 9.07. The number of amides is 1. The maximum atomic E-state index is 12.9. The fourth-order valence-corrected chi connectivity index (χ4v) is 3.55. The van der Waals surface area contributed by atoms with Crippen LogP contribution in [0, 0.1) is 0 Å². The molecule has 0 N–H and O–H groups in total. The van der Waals surface area contributed by atoms with Gasteiger partial charge in [0.1, 0.15) is 0 Å². The van der Waals surface area contributed by atoms with Gasteiger partial charge in [0, 0.05) is 36.5 Å². The lowest BCUT2D eigenvalue weighted by Gasteiger charge is -2.32. The van der Waals surface area contributed by atoms with Gasteiger partial charge in [0.15, 0.2) is 11.6 Å². The van der Waals surface area contributed by atoms with E-state index < -0.39 is 0 Å². The standard InChI is InChI=1S/C20H21N5O2/c1-3-23-10-9-16(11-18(23)26)20(27)24-12-14(2)25-17(13-24)21-22-19(25)15-7-5-4-6-8-15/h4-11,14H,3,12-13H2,1-2H3/t14-/m0/s1. The van der Waals surface area contributed by atoms with Gasteiger partial charge in [-0.3, -0.25) is 9.59 Å². The molecule has 0 radical (unpaired) electrons. The van der Waals surface area contributed by atoms with Crippen molar-refractivity contribution in [2.75, 3.05) is 6.54 Å². The van der Waals surface area contributed by atoms with Gasteiger partial charge in [0.2, 0.25) is 0 Å². The van der Waals surface area contributed by atoms with E-state index in [2.05, 4.69) is 14.8 Å². The van der Waals surface area contributed by atoms with Crippen molar-refractivity contribution in [2.45, 2.75) is 33.0 Å². The van der Waals surface area contributed by atoms with Crippen molar-refractivity contribution in [2.24, 2.45) is 0 Å². The second-order valence-corrected chi connectivity index (χ2v) is 6.75. The molecule has 0 saturated heterocycles. The van der Waals surface area contributed by atoms with E-state index in [4.69, 9.17) is 0 Å². The first-order chi connectivity index (χ1) is 13.1. The van der Waals surface area contributed by atoms with Crippen molar-refractivity contribution >= 4 is 5.91 Å². The van der Waals surface area contributed by atoms with E-state index in [1.54, 1.807) is 21.7 Å². The highest BCUT2D eigenvalue weighted by Crippen LogP contribution is 2.27. The molecule has 27 heavy (non-hydrogen) atoms. The van der Waals surface area contributed by atoms with E-state index in [0.717, 1.165) is 17.2 Å². The monoisotopic (exact) mass is 363 g/mol. The highest BCUT2D eigenvalue weighted by atomic mass is 16.2. The number of pyridine rings is 1. The van der Waals surface area contributed by atoms with Gasteiger partial charge >= 0.3 is 0 Å². The molecule has 138 valence electrons. The summed E-state index contributed by atoms with van der Waals surface area (Å²) in [5, 5.41) is 8.65. The molecule has 1 atom stereocenters. The number of carbonyl (C=O) groups is 1. The van der Waals surface area contributed by atoms with E-state index in [9.17, 15) is 9.59 Å². The summed E-state index contributed by atoms with van der Waals surface area (Å²) in [6.07, 6.45) is 1.67. The van der Waals surface area contributed by atoms with Gasteiger partial charge in [-0.1, -0.05) is 30.3 Å². The SMILES string of the molecule is CCn1ccc(C(=O)N2Cc3nnc(-c4ccccc4)n3[C@@H](C)C2)cc1=O. The van der Waals surface area contributed by atoms with Gasteiger partial charge in [-0.15, -0.1) is 10.2 Å². The summed E-state index contributed by atoms with van der Waals surface area (Å²) in [6.45, 7) is 5.44. The van der Waals surface area contributed by atoms with E-state index >= 15 is 0 Å². The number of aryl methyl sites for hydroxylation is 1. The lowest BCUT2D eigenvalue weighted by molar-refractivity contribution is 0.0681. The molecule has 0 bridgehead atoms. The largest absolute Gasteiger partial charge is 0.329 e. The molecule has 0 spiro atoms. The van der Waals surface area contributed by atoms with Gasteiger partial charge in [0.25, 0.3) is 11.5 Å². The molecule has 0 fully saturated rings. The third-order valence-electron chi connectivity index (χ3n) is 4.93. The Bertz CT molecular complexity index is 1040. The van der Waals surface area contributed by atoms with Crippen molar-refractivity contribution < 1.29 is 4.79 Å². The van der Waals surface area contributed by atoms with Crippen LogP contribution in [0.5, 0.6) is 0 Å². The Morgan fingerprint density at radius 1 is 1.19 bits per heavy atom. The molecule has 3 heterocycles. The highest BCUT2D eigenvalue weighted by molar-refractivity contribution is 5.94. The van der Waals surface area contributed by atoms with Crippen LogP contribution in [0.1, 0.15) is 36.1 Å². The van der Waals surface area contributed by atoms with E-state index in [1.165, 1.54) is 6.07 Å². The fourth-order valence-electron chi connectivity index (χ4n) is 3.55. The lowest BCUT2D eigenvalue weighted by Crippen LogP contribution is -2.41. The number of carbonyl (C=O) groups excluding carboxylic acids is 1. The third-order valence-corrected chi connectivity index (χ3v) is 4.93. The van der Waals surface area contributed by atoms with Crippen molar-refractivity contribution in [3.05, 3.63) is 70.4 Å². The number of benzene rings is 1. The number of aromatic nitrogens is 4. The Kier molecular flexibility index (Phi) is 4.35. The molecule has 0 saturated carbocycles. The minimum atomic E-state index is -0.164. The molecule has 1 aliphatic rings. The summed E-state index contributed by atoms with van der Waals surface area (Å²) >= 11 is 0. The van der Waals surface area contributed by atoms with Crippen LogP contribution in [0.15, 0.2) is 53.5 Å². The zero-order chi connectivity index (χ0) is 19.0. The van der Waals surface area contributed by atoms with E-state index in [-0.39, 0.29) is 17.5 Å². The van der Waals surface area contributed by atoms with Gasteiger partial charge in [0.05, 0.1) is 12.6 Å². The van der Waals surface area contributed by atoms with Crippen molar-refractivity contribution in [1.29, 1.82) is 0 Å². The van der Waals surface area contributed by atoms with Crippen LogP contribution in [0.4, 0.5) is 0 Å². The summed E-state index contributed by atoms with van der Waals surface area (Å²) in [5.74, 6) is 1.41. The van der Waals surface area contributed by atoms with Gasteiger partial charge in [-0.05, 0) is 19.9 Å². The quantitative estimate of drug-likeness (QED) is 0.716. The molecule has 7 heteroatoms. The molecule has 2 aromatic heterocycles. The number of nitrogens with zero attached hydrogens (tertiary/aromatic N) is 5. The average Bonchev–Trinajstić information content (AvgIpc) is 3.12. The van der Waals surface area contributed by atoms with Gasteiger partial charge in [-0.25, -0.2) is 0 Å². The molecule has 0 aliphatic carbocycles. The van der Waals surface area contributed by atoms with E-state index in [1.807, 2.05) is 44.2 Å². The summed E-state index contributed by atoms with van der Waals surface area (Å²) in [6, 6.07) is 13.1. The first kappa shape index (κ1) is 17.2. The molecule has 1 aromatic carbocycles. The van der Waals surface area contributed by atoms with Crippen LogP contribution in [0.2, 0.25) is 0 Å². The van der Waals surface area contributed by atoms with Crippen LogP contribution in [-0.4, -0.2) is 36.7 Å². The average molecular weight is 363 g/mol. The first-order valence-corrected chi connectivity index (χ1v) is 9.07. The molecule has 4 rings (SSSR count). The fraction of sp³-hybridized carbons (Fsp3) is 0.300. The number of hydrogen-bond acceptors (Lipinski definition) is 4. The Balaban J connectivity index is 1.63. The summed E-state index contributed by atoms with van der Waals surface area (Å²) in [4.78, 5) is 26.7. The topological polar surface area (TPSA) is 73.0 Å². The smallest absolute Gasteiger partial charge is 0.254 e. The van der Waals surface area contributed by atoms with Crippen molar-refractivity contribution in [1.82, 2.24) is 24.2 Å². The van der Waals surface area contributed by atoms with E-state index in [0.29, 0.717) is 25.2 Å². The van der Waals surface area contributed by atoms with Gasteiger partial charge < -0.3 is 14.0 Å². The highest BCUT2D eigenvalue weighted by Gasteiger charge is 2.30. The normalized spacial score (nSPS) is 16.2. The summed E-state index contributed by atoms with van der Waals surface area (Å²) in [5.41, 5.74) is 1.25. The summed E-state index contributed by atoms with van der Waals surface area (Å²) in [7, 11) is 0. The molecule has 7 nitrogen and oxygen atoms in total. The van der Waals surface area contributed by atoms with Crippen molar-refractivity contribution in [3.8, 4) is 11.4 Å². The molecular weight excluding hydrogens is 342 g/mol. The van der Waals surface area contributed by atoms with Crippen LogP contribution in [-0.2, 0) is 13.1 Å². The van der Waals surface area contributed by atoms with Crippen LogP contribution >= 0.6 is 0 Å². The molecule has 0 unspecified atom stereocenters. The number of hydrogen-bond donors (Lipinski definition) is 0. The number of fused-ring (bicyclic) bond motifs is 1. The Morgan fingerprint density at radius 2 is 1.96 bits per heavy atom. The minimum Gasteiger partial charge on any atom is -0.329 e. The minimum absolute atomic E-state index is 0.0407. The van der Waals surface area contributed by atoms with Crippen LogP contribution < -0.4 is 5.56 Å². The molecule has 3 aromatic rings. The molecule has 1 aliphatic heterocycles. The van der Waals surface area contributed by atoms with Crippen LogP contribution in [0.3, 0.4) is 0 Å². The third kappa shape index (κ3) is 3.05. The number of rotatable bonds is 3. The Morgan fingerprint density at radius 3 is 2.67 bits per heavy atom. The molecular formula is C20H21N5O2. The maximum absolute atomic E-state index is 12.9.